The van der Waals surface area contributed by atoms with Crippen molar-refractivity contribution in [1.82, 2.24) is 0 Å². The highest BCUT2D eigenvalue weighted by atomic mass is 32.1. The molecule has 0 spiro atoms. The third kappa shape index (κ3) is 3.80. The van der Waals surface area contributed by atoms with E-state index in [1.54, 1.807) is 0 Å². The van der Waals surface area contributed by atoms with Crippen LogP contribution in [0.1, 0.15) is 45.8 Å². The predicted octanol–water partition coefficient (Wildman–Crippen LogP) is 5.52. The van der Waals surface area contributed by atoms with Crippen LogP contribution in [0.5, 0.6) is 5.75 Å². The van der Waals surface area contributed by atoms with Crippen LogP contribution in [0.3, 0.4) is 0 Å². The molecular weight excluding hydrogens is 405 g/mol. The van der Waals surface area contributed by atoms with Gasteiger partial charge in [0.2, 0.25) is 5.91 Å². The van der Waals surface area contributed by atoms with Crippen molar-refractivity contribution in [3.8, 4) is 16.9 Å². The number of fused-ring (bicyclic) bond motifs is 1. The molecule has 4 rings (SSSR count). The first kappa shape index (κ1) is 20.1. The molecule has 0 fully saturated rings. The summed E-state index contributed by atoms with van der Waals surface area (Å²) < 4.78 is 19.0. The number of aromatic carboxylic acids is 1. The number of anilines is 1. The van der Waals surface area contributed by atoms with Crippen LogP contribution in [-0.2, 0) is 4.79 Å². The zero-order chi connectivity index (χ0) is 21.3. The maximum atomic E-state index is 13.4. The highest BCUT2D eigenvalue weighted by molar-refractivity contribution is 7.15. The summed E-state index contributed by atoms with van der Waals surface area (Å²) in [5, 5.41) is 12.6. The van der Waals surface area contributed by atoms with Crippen molar-refractivity contribution in [2.75, 3.05) is 11.9 Å². The van der Waals surface area contributed by atoms with Gasteiger partial charge in [0.25, 0.3) is 0 Å². The van der Waals surface area contributed by atoms with Gasteiger partial charge in [-0.05, 0) is 41.8 Å². The van der Waals surface area contributed by atoms with E-state index in [0.717, 1.165) is 33.9 Å². The van der Waals surface area contributed by atoms with Crippen LogP contribution in [-0.4, -0.2) is 23.6 Å². The van der Waals surface area contributed by atoms with Gasteiger partial charge in [0.15, 0.2) is 0 Å². The van der Waals surface area contributed by atoms with E-state index in [0.29, 0.717) is 23.4 Å². The van der Waals surface area contributed by atoms with E-state index in [-0.39, 0.29) is 23.1 Å². The SMILES string of the molecule is CCCOc1ccc(C2CC(=O)Nc3c2sc(C(=O)O)c3-c2ccc(F)cc2)cc1. The Bertz CT molecular complexity index is 1090. The molecule has 1 aliphatic rings. The van der Waals surface area contributed by atoms with E-state index in [9.17, 15) is 19.1 Å². The first-order valence-corrected chi connectivity index (χ1v) is 10.5. The number of thiophene rings is 1. The second-order valence-electron chi connectivity index (χ2n) is 7.08. The Kier molecular flexibility index (Phi) is 5.55. The zero-order valence-electron chi connectivity index (χ0n) is 16.3. The Labute approximate surface area is 177 Å². The first-order chi connectivity index (χ1) is 14.5. The third-order valence-electron chi connectivity index (χ3n) is 4.99. The fraction of sp³-hybridized carbons (Fsp3) is 0.217. The fourth-order valence-electron chi connectivity index (χ4n) is 3.61. The van der Waals surface area contributed by atoms with Gasteiger partial charge in [-0.3, -0.25) is 4.79 Å². The molecule has 1 aliphatic heterocycles. The Hall–Kier alpha value is -3.19. The summed E-state index contributed by atoms with van der Waals surface area (Å²) in [5.74, 6) is -1.18. The number of carboxylic acid groups (broad SMARTS) is 1. The molecule has 1 aromatic heterocycles. The molecular formula is C23H20FNO4S. The summed E-state index contributed by atoms with van der Waals surface area (Å²) in [6.07, 6.45) is 1.14. The molecule has 1 unspecified atom stereocenters. The molecule has 0 saturated heterocycles. The third-order valence-corrected chi connectivity index (χ3v) is 6.28. The average Bonchev–Trinajstić information content (AvgIpc) is 3.12. The van der Waals surface area contributed by atoms with E-state index < -0.39 is 11.8 Å². The highest BCUT2D eigenvalue weighted by Gasteiger charge is 2.34. The number of ether oxygens (including phenoxy) is 1. The lowest BCUT2D eigenvalue weighted by Crippen LogP contribution is -2.22. The van der Waals surface area contributed by atoms with E-state index in [2.05, 4.69) is 5.32 Å². The number of carbonyl (C=O) groups excluding carboxylic acids is 1. The lowest BCUT2D eigenvalue weighted by Gasteiger charge is -2.24. The molecule has 1 amide bonds. The van der Waals surface area contributed by atoms with Crippen LogP contribution in [0.25, 0.3) is 11.1 Å². The largest absolute Gasteiger partial charge is 0.494 e. The predicted molar refractivity (Wildman–Crippen MR) is 114 cm³/mol. The molecule has 0 bridgehead atoms. The summed E-state index contributed by atoms with van der Waals surface area (Å²) in [5.41, 5.74) is 2.38. The molecule has 2 heterocycles. The topological polar surface area (TPSA) is 75.6 Å². The molecule has 30 heavy (non-hydrogen) atoms. The molecule has 7 heteroatoms. The van der Waals surface area contributed by atoms with Gasteiger partial charge in [0, 0.05) is 22.8 Å². The Morgan fingerprint density at radius 2 is 1.90 bits per heavy atom. The van der Waals surface area contributed by atoms with Crippen LogP contribution >= 0.6 is 11.3 Å². The standard InChI is InChI=1S/C23H20FNO4S/c1-2-11-29-16-9-5-13(6-10-16)17-12-18(26)25-20-19(14-3-7-15(24)8-4-14)22(23(27)28)30-21(17)20/h3-10,17H,2,11-12H2,1H3,(H,25,26)(H,27,28). The van der Waals surface area contributed by atoms with Gasteiger partial charge >= 0.3 is 5.97 Å². The van der Waals surface area contributed by atoms with Crippen LogP contribution in [0.4, 0.5) is 10.1 Å². The molecule has 2 N–H and O–H groups in total. The second kappa shape index (κ2) is 8.28. The Morgan fingerprint density at radius 1 is 1.20 bits per heavy atom. The van der Waals surface area contributed by atoms with Crippen molar-refractivity contribution < 1.29 is 23.8 Å². The fourth-order valence-corrected chi connectivity index (χ4v) is 4.86. The number of halogens is 1. The molecule has 0 radical (unpaired) electrons. The van der Waals surface area contributed by atoms with Crippen molar-refractivity contribution in [3.05, 3.63) is 69.7 Å². The van der Waals surface area contributed by atoms with Gasteiger partial charge in [0.05, 0.1) is 12.3 Å². The van der Waals surface area contributed by atoms with Crippen LogP contribution < -0.4 is 10.1 Å². The van der Waals surface area contributed by atoms with E-state index in [1.165, 1.54) is 24.3 Å². The lowest BCUT2D eigenvalue weighted by molar-refractivity contribution is -0.116. The Balaban J connectivity index is 1.79. The maximum Gasteiger partial charge on any atom is 0.346 e. The number of nitrogens with one attached hydrogen (secondary N) is 1. The van der Waals surface area contributed by atoms with Gasteiger partial charge < -0.3 is 15.2 Å². The number of benzene rings is 2. The summed E-state index contributed by atoms with van der Waals surface area (Å²) in [7, 11) is 0. The van der Waals surface area contributed by atoms with Crippen molar-refractivity contribution in [1.29, 1.82) is 0 Å². The minimum absolute atomic E-state index is 0.127. The molecule has 1 atom stereocenters. The van der Waals surface area contributed by atoms with Crippen molar-refractivity contribution >= 4 is 28.9 Å². The van der Waals surface area contributed by atoms with Crippen molar-refractivity contribution in [3.63, 3.8) is 0 Å². The summed E-state index contributed by atoms with van der Waals surface area (Å²) >= 11 is 1.15. The van der Waals surface area contributed by atoms with Crippen LogP contribution in [0.15, 0.2) is 48.5 Å². The number of carbonyl (C=O) groups is 2. The van der Waals surface area contributed by atoms with Crippen molar-refractivity contribution in [2.45, 2.75) is 25.7 Å². The second-order valence-corrected chi connectivity index (χ2v) is 8.13. The number of hydrogen-bond acceptors (Lipinski definition) is 4. The average molecular weight is 425 g/mol. The minimum Gasteiger partial charge on any atom is -0.494 e. The summed E-state index contributed by atoms with van der Waals surface area (Å²) in [6.45, 7) is 2.66. The molecule has 0 saturated carbocycles. The number of rotatable bonds is 6. The van der Waals surface area contributed by atoms with Gasteiger partial charge in [-0.25, -0.2) is 9.18 Å². The highest BCUT2D eigenvalue weighted by Crippen LogP contribution is 2.49. The molecule has 2 aromatic carbocycles. The smallest absolute Gasteiger partial charge is 0.346 e. The first-order valence-electron chi connectivity index (χ1n) is 9.66. The number of hydrogen-bond donors (Lipinski definition) is 2. The van der Waals surface area contributed by atoms with Crippen molar-refractivity contribution in [2.24, 2.45) is 0 Å². The zero-order valence-corrected chi connectivity index (χ0v) is 17.1. The van der Waals surface area contributed by atoms with Crippen LogP contribution in [0, 0.1) is 5.82 Å². The lowest BCUT2D eigenvalue weighted by atomic mass is 9.88. The summed E-state index contributed by atoms with van der Waals surface area (Å²) in [4.78, 5) is 25.4. The maximum absolute atomic E-state index is 13.4. The van der Waals surface area contributed by atoms with Crippen LogP contribution in [0.2, 0.25) is 0 Å². The normalized spacial score (nSPS) is 15.4. The quantitative estimate of drug-likeness (QED) is 0.546. The van der Waals surface area contributed by atoms with E-state index >= 15 is 0 Å². The van der Waals surface area contributed by atoms with Gasteiger partial charge in [-0.1, -0.05) is 31.2 Å². The van der Waals surface area contributed by atoms with Gasteiger partial charge in [0.1, 0.15) is 16.4 Å². The molecule has 5 nitrogen and oxygen atoms in total. The Morgan fingerprint density at radius 3 is 2.53 bits per heavy atom. The molecule has 154 valence electrons. The number of carboxylic acids is 1. The molecule has 0 aliphatic carbocycles. The van der Waals surface area contributed by atoms with Gasteiger partial charge in [-0.15, -0.1) is 11.3 Å². The van der Waals surface area contributed by atoms with E-state index in [1.807, 2.05) is 31.2 Å². The molecule has 3 aromatic rings. The minimum atomic E-state index is -1.08. The number of amides is 1. The summed E-state index contributed by atoms with van der Waals surface area (Å²) in [6, 6.07) is 13.2. The van der Waals surface area contributed by atoms with Gasteiger partial charge in [-0.2, -0.15) is 0 Å². The monoisotopic (exact) mass is 425 g/mol. The van der Waals surface area contributed by atoms with E-state index in [4.69, 9.17) is 4.74 Å².